The Hall–Kier alpha value is -1.53. The Morgan fingerprint density at radius 3 is 2.75 bits per heavy atom. The zero-order valence-electron chi connectivity index (χ0n) is 12.3. The second kappa shape index (κ2) is 7.91. The standard InChI is InChI=1S/C17H24N2O/c1-2-3-5-12-19-13-6-4-7-17(19)20-16-10-8-15(14-18)9-11-16/h8-11,17H,2-7,12-13H2,1H3. The lowest BCUT2D eigenvalue weighted by molar-refractivity contribution is -0.00467. The van der Waals surface area contributed by atoms with Crippen molar-refractivity contribution in [2.24, 2.45) is 0 Å². The number of unbranched alkanes of at least 4 members (excludes halogenated alkanes) is 2. The molecule has 3 nitrogen and oxygen atoms in total. The first-order valence-electron chi connectivity index (χ1n) is 7.74. The number of nitrogens with zero attached hydrogens (tertiary/aromatic N) is 2. The maximum Gasteiger partial charge on any atom is 0.152 e. The van der Waals surface area contributed by atoms with Gasteiger partial charge in [0.05, 0.1) is 11.6 Å². The summed E-state index contributed by atoms with van der Waals surface area (Å²) < 4.78 is 6.11. The summed E-state index contributed by atoms with van der Waals surface area (Å²) in [6.07, 6.45) is 7.63. The highest BCUT2D eigenvalue weighted by molar-refractivity contribution is 5.34. The lowest BCUT2D eigenvalue weighted by Crippen LogP contribution is -2.43. The first-order valence-corrected chi connectivity index (χ1v) is 7.74. The fourth-order valence-corrected chi connectivity index (χ4v) is 2.68. The van der Waals surface area contributed by atoms with E-state index in [0.29, 0.717) is 5.56 Å². The minimum atomic E-state index is 0.202. The van der Waals surface area contributed by atoms with E-state index in [1.165, 1.54) is 32.1 Å². The minimum absolute atomic E-state index is 0.202. The van der Waals surface area contributed by atoms with Gasteiger partial charge in [-0.1, -0.05) is 19.8 Å². The van der Waals surface area contributed by atoms with Crippen LogP contribution in [-0.2, 0) is 0 Å². The van der Waals surface area contributed by atoms with E-state index >= 15 is 0 Å². The van der Waals surface area contributed by atoms with E-state index in [9.17, 15) is 0 Å². The molecule has 0 aromatic heterocycles. The van der Waals surface area contributed by atoms with Crippen LogP contribution in [0.4, 0.5) is 0 Å². The Morgan fingerprint density at radius 2 is 2.05 bits per heavy atom. The maximum atomic E-state index is 8.81. The molecule has 1 unspecified atom stereocenters. The molecule has 1 aliphatic heterocycles. The third-order valence-corrected chi connectivity index (χ3v) is 3.86. The maximum absolute atomic E-state index is 8.81. The topological polar surface area (TPSA) is 36.3 Å². The molecule has 1 aromatic carbocycles. The zero-order valence-corrected chi connectivity index (χ0v) is 12.3. The van der Waals surface area contributed by atoms with Crippen molar-refractivity contribution in [2.45, 2.75) is 51.7 Å². The van der Waals surface area contributed by atoms with Crippen LogP contribution >= 0.6 is 0 Å². The van der Waals surface area contributed by atoms with Crippen molar-refractivity contribution in [3.05, 3.63) is 29.8 Å². The second-order valence-electron chi connectivity index (χ2n) is 5.45. The molecular weight excluding hydrogens is 248 g/mol. The van der Waals surface area contributed by atoms with Crippen LogP contribution < -0.4 is 4.74 Å². The third-order valence-electron chi connectivity index (χ3n) is 3.86. The van der Waals surface area contributed by atoms with Crippen LogP contribution in [0.5, 0.6) is 5.75 Å². The van der Waals surface area contributed by atoms with Gasteiger partial charge in [0, 0.05) is 13.1 Å². The minimum Gasteiger partial charge on any atom is -0.475 e. The smallest absolute Gasteiger partial charge is 0.152 e. The van der Waals surface area contributed by atoms with Crippen LogP contribution in [0.3, 0.4) is 0 Å². The molecule has 1 saturated heterocycles. The molecule has 0 N–H and O–H groups in total. The van der Waals surface area contributed by atoms with Crippen LogP contribution in [0.25, 0.3) is 0 Å². The lowest BCUT2D eigenvalue weighted by atomic mass is 10.1. The van der Waals surface area contributed by atoms with Crippen LogP contribution in [0, 0.1) is 11.3 Å². The molecule has 3 heteroatoms. The van der Waals surface area contributed by atoms with Crippen LogP contribution in [0.1, 0.15) is 51.0 Å². The van der Waals surface area contributed by atoms with Gasteiger partial charge in [-0.05, 0) is 49.9 Å². The van der Waals surface area contributed by atoms with Gasteiger partial charge < -0.3 is 4.74 Å². The highest BCUT2D eigenvalue weighted by atomic mass is 16.5. The zero-order chi connectivity index (χ0) is 14.2. The van der Waals surface area contributed by atoms with E-state index in [2.05, 4.69) is 17.9 Å². The summed E-state index contributed by atoms with van der Waals surface area (Å²) in [5.41, 5.74) is 0.681. The molecule has 1 fully saturated rings. The number of piperidine rings is 1. The van der Waals surface area contributed by atoms with Crippen LogP contribution in [0.2, 0.25) is 0 Å². The van der Waals surface area contributed by atoms with Crippen molar-refractivity contribution in [2.75, 3.05) is 13.1 Å². The number of hydrogen-bond acceptors (Lipinski definition) is 3. The molecule has 108 valence electrons. The Labute approximate surface area is 122 Å². The normalized spacial score (nSPS) is 19.5. The van der Waals surface area contributed by atoms with Gasteiger partial charge in [0.15, 0.2) is 6.23 Å². The van der Waals surface area contributed by atoms with Gasteiger partial charge in [-0.15, -0.1) is 0 Å². The molecule has 2 rings (SSSR count). The molecule has 0 saturated carbocycles. The summed E-state index contributed by atoms with van der Waals surface area (Å²) in [4.78, 5) is 2.47. The van der Waals surface area contributed by atoms with Gasteiger partial charge in [0.25, 0.3) is 0 Å². The van der Waals surface area contributed by atoms with Crippen molar-refractivity contribution < 1.29 is 4.74 Å². The second-order valence-corrected chi connectivity index (χ2v) is 5.45. The van der Waals surface area contributed by atoms with Gasteiger partial charge >= 0.3 is 0 Å². The summed E-state index contributed by atoms with van der Waals surface area (Å²) in [5.74, 6) is 0.872. The monoisotopic (exact) mass is 272 g/mol. The fraction of sp³-hybridized carbons (Fsp3) is 0.588. The first kappa shape index (κ1) is 14.9. The molecule has 0 radical (unpaired) electrons. The molecule has 1 heterocycles. The van der Waals surface area contributed by atoms with Gasteiger partial charge in [-0.25, -0.2) is 0 Å². The van der Waals surface area contributed by atoms with E-state index in [4.69, 9.17) is 10.00 Å². The summed E-state index contributed by atoms with van der Waals surface area (Å²) in [7, 11) is 0. The molecule has 0 bridgehead atoms. The average molecular weight is 272 g/mol. The highest BCUT2D eigenvalue weighted by Crippen LogP contribution is 2.22. The molecule has 1 atom stereocenters. The summed E-state index contributed by atoms with van der Waals surface area (Å²) in [5, 5.41) is 8.81. The quantitative estimate of drug-likeness (QED) is 0.736. The van der Waals surface area contributed by atoms with Gasteiger partial charge in [0.1, 0.15) is 5.75 Å². The molecule has 20 heavy (non-hydrogen) atoms. The van der Waals surface area contributed by atoms with Crippen LogP contribution in [-0.4, -0.2) is 24.2 Å². The Morgan fingerprint density at radius 1 is 1.25 bits per heavy atom. The van der Waals surface area contributed by atoms with E-state index in [-0.39, 0.29) is 6.23 Å². The first-order chi connectivity index (χ1) is 9.83. The van der Waals surface area contributed by atoms with Gasteiger partial charge in [-0.2, -0.15) is 5.26 Å². The molecule has 1 aliphatic rings. The largest absolute Gasteiger partial charge is 0.475 e. The fourth-order valence-electron chi connectivity index (χ4n) is 2.68. The van der Waals surface area contributed by atoms with Crippen molar-refractivity contribution in [1.82, 2.24) is 4.90 Å². The Kier molecular flexibility index (Phi) is 5.88. The third kappa shape index (κ3) is 4.25. The molecule has 0 amide bonds. The van der Waals surface area contributed by atoms with Crippen molar-refractivity contribution in [3.8, 4) is 11.8 Å². The van der Waals surface area contributed by atoms with Gasteiger partial charge in [-0.3, -0.25) is 4.90 Å². The number of benzene rings is 1. The van der Waals surface area contributed by atoms with E-state index in [1.54, 1.807) is 0 Å². The summed E-state index contributed by atoms with van der Waals surface area (Å²) in [6, 6.07) is 9.57. The number of likely N-dealkylation sites (tertiary alicyclic amines) is 1. The van der Waals surface area contributed by atoms with E-state index in [1.807, 2.05) is 24.3 Å². The number of ether oxygens (including phenoxy) is 1. The molecule has 1 aromatic rings. The predicted molar refractivity (Wildman–Crippen MR) is 80.5 cm³/mol. The lowest BCUT2D eigenvalue weighted by Gasteiger charge is -2.35. The summed E-state index contributed by atoms with van der Waals surface area (Å²) >= 11 is 0. The number of hydrogen-bond donors (Lipinski definition) is 0. The van der Waals surface area contributed by atoms with Gasteiger partial charge in [0.2, 0.25) is 0 Å². The Bertz CT molecular complexity index is 435. The van der Waals surface area contributed by atoms with Crippen LogP contribution in [0.15, 0.2) is 24.3 Å². The predicted octanol–water partition coefficient (Wildman–Crippen LogP) is 3.94. The molecule has 0 spiro atoms. The number of nitriles is 1. The molecule has 0 aliphatic carbocycles. The Balaban J connectivity index is 1.91. The number of rotatable bonds is 6. The van der Waals surface area contributed by atoms with E-state index < -0.39 is 0 Å². The van der Waals surface area contributed by atoms with Crippen molar-refractivity contribution >= 4 is 0 Å². The molecular formula is C17H24N2O. The highest BCUT2D eigenvalue weighted by Gasteiger charge is 2.23. The van der Waals surface area contributed by atoms with Crippen molar-refractivity contribution in [3.63, 3.8) is 0 Å². The van der Waals surface area contributed by atoms with Crippen molar-refractivity contribution in [1.29, 1.82) is 5.26 Å². The average Bonchev–Trinajstić information content (AvgIpc) is 2.50. The van der Waals surface area contributed by atoms with E-state index in [0.717, 1.165) is 25.3 Å². The summed E-state index contributed by atoms with van der Waals surface area (Å²) in [6.45, 7) is 4.51. The SMILES string of the molecule is CCCCCN1CCCCC1Oc1ccc(C#N)cc1.